The van der Waals surface area contributed by atoms with Crippen LogP contribution in [0, 0.1) is 5.82 Å². The molecule has 0 aromatic heterocycles. The van der Waals surface area contributed by atoms with Crippen LogP contribution in [0.5, 0.6) is 0 Å². The number of halogens is 2. The molecule has 0 spiro atoms. The molecule has 0 bridgehead atoms. The second kappa shape index (κ2) is 7.72. The summed E-state index contributed by atoms with van der Waals surface area (Å²) in [5.41, 5.74) is 0.961. The van der Waals surface area contributed by atoms with E-state index in [4.69, 9.17) is 11.6 Å². The number of amides is 3. The van der Waals surface area contributed by atoms with E-state index in [1.165, 1.54) is 24.3 Å². The number of carbonyl (C=O) groups is 3. The minimum absolute atomic E-state index is 0.139. The van der Waals surface area contributed by atoms with Crippen LogP contribution < -0.4 is 5.32 Å². The van der Waals surface area contributed by atoms with E-state index in [0.717, 1.165) is 4.90 Å². The summed E-state index contributed by atoms with van der Waals surface area (Å²) in [7, 11) is 0. The first-order chi connectivity index (χ1) is 12.4. The van der Waals surface area contributed by atoms with Gasteiger partial charge in [0, 0.05) is 10.7 Å². The van der Waals surface area contributed by atoms with E-state index in [1.54, 1.807) is 30.3 Å². The van der Waals surface area contributed by atoms with Gasteiger partial charge in [0.15, 0.2) is 0 Å². The summed E-state index contributed by atoms with van der Waals surface area (Å²) in [5.74, 6) is -1.54. The first-order valence-electron chi connectivity index (χ1n) is 7.49. The minimum atomic E-state index is -0.587. The quantitative estimate of drug-likeness (QED) is 0.796. The summed E-state index contributed by atoms with van der Waals surface area (Å²) in [6.07, 6.45) is 1.42. The standard InChI is InChI=1S/C18H12ClFN2O3S/c19-12-4-6-14(7-5-12)21-16(23)10-22-17(24)15(26-18(22)25)9-11-2-1-3-13(20)8-11/h1-9H,10H2,(H,21,23)/b15-9+. The summed E-state index contributed by atoms with van der Waals surface area (Å²) in [6, 6.07) is 12.1. The van der Waals surface area contributed by atoms with Gasteiger partial charge in [-0.05, 0) is 59.8 Å². The Morgan fingerprint density at radius 3 is 2.62 bits per heavy atom. The van der Waals surface area contributed by atoms with E-state index in [9.17, 15) is 18.8 Å². The largest absolute Gasteiger partial charge is 0.325 e. The molecular weight excluding hydrogens is 379 g/mol. The van der Waals surface area contributed by atoms with Crippen molar-refractivity contribution in [3.8, 4) is 0 Å². The lowest BCUT2D eigenvalue weighted by atomic mass is 10.2. The summed E-state index contributed by atoms with van der Waals surface area (Å²) in [5, 5.41) is 2.56. The Kier molecular flexibility index (Phi) is 5.39. The smallest absolute Gasteiger partial charge is 0.294 e. The fourth-order valence-electron chi connectivity index (χ4n) is 2.26. The van der Waals surface area contributed by atoms with E-state index < -0.39 is 29.4 Å². The van der Waals surface area contributed by atoms with Gasteiger partial charge in [-0.15, -0.1) is 0 Å². The van der Waals surface area contributed by atoms with Gasteiger partial charge in [0.25, 0.3) is 11.1 Å². The molecule has 0 radical (unpaired) electrons. The first kappa shape index (κ1) is 18.2. The average Bonchev–Trinajstić information content (AvgIpc) is 2.84. The lowest BCUT2D eigenvalue weighted by Crippen LogP contribution is -2.36. The van der Waals surface area contributed by atoms with E-state index >= 15 is 0 Å². The Bertz CT molecular complexity index is 915. The number of hydrogen-bond donors (Lipinski definition) is 1. The van der Waals surface area contributed by atoms with Gasteiger partial charge in [-0.1, -0.05) is 23.7 Å². The van der Waals surface area contributed by atoms with Crippen molar-refractivity contribution >= 4 is 52.2 Å². The van der Waals surface area contributed by atoms with Crippen LogP contribution in [0.1, 0.15) is 5.56 Å². The summed E-state index contributed by atoms with van der Waals surface area (Å²) >= 11 is 6.48. The van der Waals surface area contributed by atoms with Crippen LogP contribution >= 0.6 is 23.4 Å². The van der Waals surface area contributed by atoms with Crippen molar-refractivity contribution in [1.82, 2.24) is 4.90 Å². The fraction of sp³-hybridized carbons (Fsp3) is 0.0556. The number of hydrogen-bond acceptors (Lipinski definition) is 4. The van der Waals surface area contributed by atoms with Crippen LogP contribution in [-0.2, 0) is 9.59 Å². The van der Waals surface area contributed by atoms with Gasteiger partial charge in [0.05, 0.1) is 4.91 Å². The highest BCUT2D eigenvalue weighted by Crippen LogP contribution is 2.32. The molecule has 1 N–H and O–H groups in total. The zero-order valence-corrected chi connectivity index (χ0v) is 14.8. The molecule has 1 aliphatic heterocycles. The summed E-state index contributed by atoms with van der Waals surface area (Å²) < 4.78 is 13.2. The maximum Gasteiger partial charge on any atom is 0.294 e. The zero-order valence-electron chi connectivity index (χ0n) is 13.2. The molecular formula is C18H12ClFN2O3S. The second-order valence-electron chi connectivity index (χ2n) is 5.38. The van der Waals surface area contributed by atoms with E-state index in [1.807, 2.05) is 0 Å². The van der Waals surface area contributed by atoms with Gasteiger partial charge >= 0.3 is 0 Å². The molecule has 5 nitrogen and oxygen atoms in total. The Balaban J connectivity index is 1.69. The van der Waals surface area contributed by atoms with Crippen molar-refractivity contribution in [3.63, 3.8) is 0 Å². The highest BCUT2D eigenvalue weighted by atomic mass is 35.5. The molecule has 2 aromatic carbocycles. The first-order valence-corrected chi connectivity index (χ1v) is 8.68. The third kappa shape index (κ3) is 4.30. The maximum absolute atomic E-state index is 13.2. The molecule has 26 heavy (non-hydrogen) atoms. The number of benzene rings is 2. The lowest BCUT2D eigenvalue weighted by molar-refractivity contribution is -0.127. The number of thioether (sulfide) groups is 1. The maximum atomic E-state index is 13.2. The van der Waals surface area contributed by atoms with Crippen molar-refractivity contribution < 1.29 is 18.8 Å². The van der Waals surface area contributed by atoms with E-state index in [-0.39, 0.29) is 4.91 Å². The molecule has 3 amide bonds. The number of anilines is 1. The highest BCUT2D eigenvalue weighted by Gasteiger charge is 2.36. The molecule has 0 unspecified atom stereocenters. The molecule has 1 fully saturated rings. The highest BCUT2D eigenvalue weighted by molar-refractivity contribution is 8.18. The average molecular weight is 391 g/mol. The van der Waals surface area contributed by atoms with Crippen LogP contribution in [0.25, 0.3) is 6.08 Å². The van der Waals surface area contributed by atoms with Gasteiger partial charge in [-0.25, -0.2) is 4.39 Å². The van der Waals surface area contributed by atoms with Crippen molar-refractivity contribution in [2.45, 2.75) is 0 Å². The van der Waals surface area contributed by atoms with Gasteiger partial charge in [0.1, 0.15) is 12.4 Å². The minimum Gasteiger partial charge on any atom is -0.325 e. The Labute approximate surface area is 157 Å². The molecule has 3 rings (SSSR count). The van der Waals surface area contributed by atoms with Crippen molar-refractivity contribution in [2.24, 2.45) is 0 Å². The number of nitrogens with one attached hydrogen (secondary N) is 1. The molecule has 132 valence electrons. The number of imide groups is 1. The number of rotatable bonds is 4. The van der Waals surface area contributed by atoms with Gasteiger partial charge in [-0.3, -0.25) is 19.3 Å². The van der Waals surface area contributed by atoms with Crippen LogP contribution in [0.4, 0.5) is 14.9 Å². The topological polar surface area (TPSA) is 66.5 Å². The molecule has 1 heterocycles. The van der Waals surface area contributed by atoms with Crippen LogP contribution in [0.2, 0.25) is 5.02 Å². The number of carbonyl (C=O) groups excluding carboxylic acids is 3. The second-order valence-corrected chi connectivity index (χ2v) is 6.81. The monoisotopic (exact) mass is 390 g/mol. The molecule has 0 aliphatic carbocycles. The summed E-state index contributed by atoms with van der Waals surface area (Å²) in [4.78, 5) is 37.5. The zero-order chi connectivity index (χ0) is 18.7. The SMILES string of the molecule is O=C(CN1C(=O)S/C(=C/c2cccc(F)c2)C1=O)Nc1ccc(Cl)cc1. The molecule has 2 aromatic rings. The van der Waals surface area contributed by atoms with Crippen molar-refractivity contribution in [1.29, 1.82) is 0 Å². The van der Waals surface area contributed by atoms with Crippen LogP contribution in [0.3, 0.4) is 0 Å². The predicted octanol–water partition coefficient (Wildman–Crippen LogP) is 4.15. The van der Waals surface area contributed by atoms with Crippen molar-refractivity contribution in [3.05, 3.63) is 69.8 Å². The van der Waals surface area contributed by atoms with E-state index in [0.29, 0.717) is 28.0 Å². The Morgan fingerprint density at radius 1 is 1.19 bits per heavy atom. The molecule has 0 saturated carbocycles. The Hall–Kier alpha value is -2.64. The molecule has 8 heteroatoms. The molecule has 1 saturated heterocycles. The molecule has 0 atom stereocenters. The fourth-order valence-corrected chi connectivity index (χ4v) is 3.23. The molecule has 1 aliphatic rings. The predicted molar refractivity (Wildman–Crippen MR) is 99.2 cm³/mol. The number of nitrogens with zero attached hydrogens (tertiary/aromatic N) is 1. The van der Waals surface area contributed by atoms with Gasteiger partial charge in [-0.2, -0.15) is 0 Å². The lowest BCUT2D eigenvalue weighted by Gasteiger charge is -2.12. The van der Waals surface area contributed by atoms with Gasteiger partial charge < -0.3 is 5.32 Å². The van der Waals surface area contributed by atoms with Crippen LogP contribution in [0.15, 0.2) is 53.4 Å². The van der Waals surface area contributed by atoms with Crippen molar-refractivity contribution in [2.75, 3.05) is 11.9 Å². The summed E-state index contributed by atoms with van der Waals surface area (Å²) in [6.45, 7) is -0.409. The van der Waals surface area contributed by atoms with E-state index in [2.05, 4.69) is 5.32 Å². The third-order valence-electron chi connectivity index (χ3n) is 3.45. The van der Waals surface area contributed by atoms with Gasteiger partial charge in [0.2, 0.25) is 5.91 Å². The normalized spacial score (nSPS) is 15.6. The third-order valence-corrected chi connectivity index (χ3v) is 4.61. The van der Waals surface area contributed by atoms with Crippen LogP contribution in [-0.4, -0.2) is 28.5 Å². The Morgan fingerprint density at radius 2 is 1.92 bits per heavy atom.